The zero-order valence-electron chi connectivity index (χ0n) is 7.64. The van der Waals surface area contributed by atoms with Crippen molar-refractivity contribution >= 4 is 5.91 Å². The molecule has 0 aromatic carbocycles. The van der Waals surface area contributed by atoms with Crippen molar-refractivity contribution in [3.8, 4) is 0 Å². The van der Waals surface area contributed by atoms with Gasteiger partial charge in [-0.05, 0) is 26.7 Å². The maximum atomic E-state index is 10.8. The van der Waals surface area contributed by atoms with E-state index in [0.717, 1.165) is 19.4 Å². The molecule has 0 bridgehead atoms. The van der Waals surface area contributed by atoms with Crippen LogP contribution in [0.5, 0.6) is 0 Å². The summed E-state index contributed by atoms with van der Waals surface area (Å²) in [5.74, 6) is 0.188. The van der Waals surface area contributed by atoms with E-state index in [0.29, 0.717) is 6.42 Å². The lowest BCUT2D eigenvalue weighted by atomic mass is 9.74. The highest BCUT2D eigenvalue weighted by Crippen LogP contribution is 2.38. The Kier molecular flexibility index (Phi) is 1.49. The fraction of sp³-hybridized carbons (Fsp3) is 0.889. The lowest BCUT2D eigenvalue weighted by Crippen LogP contribution is -2.65. The number of β-lactam (4-membered cyclic amide) rings is 1. The third-order valence-electron chi connectivity index (χ3n) is 2.74. The summed E-state index contributed by atoms with van der Waals surface area (Å²) in [5.41, 5.74) is 0.0186. The molecule has 3 heteroatoms. The van der Waals surface area contributed by atoms with Crippen molar-refractivity contribution < 1.29 is 9.53 Å². The molecule has 0 radical (unpaired) electrons. The molecule has 1 N–H and O–H groups in total. The molecule has 0 aromatic heterocycles. The van der Waals surface area contributed by atoms with E-state index < -0.39 is 0 Å². The molecule has 68 valence electrons. The number of carbonyl (C=O) groups is 1. The van der Waals surface area contributed by atoms with Crippen molar-refractivity contribution in [2.24, 2.45) is 0 Å². The van der Waals surface area contributed by atoms with Crippen LogP contribution < -0.4 is 5.32 Å². The molecule has 2 aliphatic rings. The Morgan fingerprint density at radius 3 is 2.67 bits per heavy atom. The Hall–Kier alpha value is -0.570. The highest BCUT2D eigenvalue weighted by Gasteiger charge is 2.48. The summed E-state index contributed by atoms with van der Waals surface area (Å²) in [6, 6.07) is 0. The van der Waals surface area contributed by atoms with Crippen molar-refractivity contribution in [2.75, 3.05) is 6.61 Å². The zero-order valence-corrected chi connectivity index (χ0v) is 7.64. The van der Waals surface area contributed by atoms with Gasteiger partial charge in [0.25, 0.3) is 0 Å². The second kappa shape index (κ2) is 2.22. The monoisotopic (exact) mass is 169 g/mol. The van der Waals surface area contributed by atoms with E-state index in [1.54, 1.807) is 0 Å². The molecule has 0 aromatic rings. The fourth-order valence-electron chi connectivity index (χ4n) is 2.32. The summed E-state index contributed by atoms with van der Waals surface area (Å²) in [5, 5.41) is 2.99. The van der Waals surface area contributed by atoms with Crippen molar-refractivity contribution in [1.82, 2.24) is 5.32 Å². The second-order valence-electron chi connectivity index (χ2n) is 4.54. The predicted octanol–water partition coefficient (Wildman–Crippen LogP) is 0.834. The average molecular weight is 169 g/mol. The molecule has 2 rings (SSSR count). The van der Waals surface area contributed by atoms with Gasteiger partial charge in [0.1, 0.15) is 0 Å². The molecule has 2 saturated heterocycles. The van der Waals surface area contributed by atoms with Gasteiger partial charge in [0.05, 0.1) is 11.1 Å². The van der Waals surface area contributed by atoms with Crippen LogP contribution in [0.25, 0.3) is 0 Å². The number of hydrogen-bond acceptors (Lipinski definition) is 2. The SMILES string of the molecule is CC1(C)CC2(CCO1)CC(=O)N2. The van der Waals surface area contributed by atoms with Gasteiger partial charge in [-0.3, -0.25) is 4.79 Å². The van der Waals surface area contributed by atoms with Crippen LogP contribution in [0.2, 0.25) is 0 Å². The van der Waals surface area contributed by atoms with E-state index in [1.165, 1.54) is 0 Å². The quantitative estimate of drug-likeness (QED) is 0.545. The van der Waals surface area contributed by atoms with E-state index in [1.807, 2.05) is 0 Å². The van der Waals surface area contributed by atoms with Crippen LogP contribution in [0.4, 0.5) is 0 Å². The fourth-order valence-corrected chi connectivity index (χ4v) is 2.32. The van der Waals surface area contributed by atoms with Gasteiger partial charge < -0.3 is 10.1 Å². The topological polar surface area (TPSA) is 38.3 Å². The largest absolute Gasteiger partial charge is 0.375 e. The molecular weight excluding hydrogens is 154 g/mol. The Labute approximate surface area is 72.5 Å². The van der Waals surface area contributed by atoms with E-state index >= 15 is 0 Å². The molecule has 1 atom stereocenters. The number of nitrogens with one attached hydrogen (secondary N) is 1. The lowest BCUT2D eigenvalue weighted by Gasteiger charge is -2.50. The van der Waals surface area contributed by atoms with E-state index in [4.69, 9.17) is 4.74 Å². The molecule has 3 nitrogen and oxygen atoms in total. The number of rotatable bonds is 0. The van der Waals surface area contributed by atoms with E-state index in [9.17, 15) is 4.79 Å². The summed E-state index contributed by atoms with van der Waals surface area (Å²) in [7, 11) is 0. The predicted molar refractivity (Wildman–Crippen MR) is 44.8 cm³/mol. The van der Waals surface area contributed by atoms with E-state index in [-0.39, 0.29) is 17.0 Å². The highest BCUT2D eigenvalue weighted by atomic mass is 16.5. The minimum Gasteiger partial charge on any atom is -0.375 e. The first-order chi connectivity index (χ1) is 5.52. The smallest absolute Gasteiger partial charge is 0.222 e. The van der Waals surface area contributed by atoms with E-state index in [2.05, 4.69) is 19.2 Å². The third kappa shape index (κ3) is 1.22. The Morgan fingerprint density at radius 2 is 2.17 bits per heavy atom. The first-order valence-corrected chi connectivity index (χ1v) is 4.46. The average Bonchev–Trinajstić information content (AvgIpc) is 1.81. The Balaban J connectivity index is 2.05. The van der Waals surface area contributed by atoms with Gasteiger partial charge in [-0.2, -0.15) is 0 Å². The molecule has 2 fully saturated rings. The van der Waals surface area contributed by atoms with Gasteiger partial charge in [0.15, 0.2) is 0 Å². The lowest BCUT2D eigenvalue weighted by molar-refractivity contribution is -0.147. The first-order valence-electron chi connectivity index (χ1n) is 4.46. The summed E-state index contributed by atoms with van der Waals surface area (Å²) in [6.45, 7) is 4.93. The molecule has 1 spiro atoms. The summed E-state index contributed by atoms with van der Waals surface area (Å²) in [4.78, 5) is 10.8. The molecule has 0 aliphatic carbocycles. The van der Waals surface area contributed by atoms with Crippen LogP contribution in [0.3, 0.4) is 0 Å². The van der Waals surface area contributed by atoms with Crippen LogP contribution in [0.1, 0.15) is 33.1 Å². The van der Waals surface area contributed by atoms with Gasteiger partial charge in [0, 0.05) is 13.0 Å². The second-order valence-corrected chi connectivity index (χ2v) is 4.54. The standard InChI is InChI=1S/C9H15NO2/c1-8(2)6-9(3-4-12-8)5-7(11)10-9/h3-6H2,1-2H3,(H,10,11). The summed E-state index contributed by atoms with van der Waals surface area (Å²) in [6.07, 6.45) is 2.62. The molecule has 12 heavy (non-hydrogen) atoms. The van der Waals surface area contributed by atoms with Gasteiger partial charge in [0.2, 0.25) is 5.91 Å². The third-order valence-corrected chi connectivity index (χ3v) is 2.74. The van der Waals surface area contributed by atoms with Gasteiger partial charge >= 0.3 is 0 Å². The zero-order chi connectivity index (χ0) is 8.82. The number of amides is 1. The van der Waals surface area contributed by atoms with Gasteiger partial charge in [-0.1, -0.05) is 0 Å². The van der Waals surface area contributed by atoms with Crippen molar-refractivity contribution in [3.05, 3.63) is 0 Å². The number of ether oxygens (including phenoxy) is 1. The maximum absolute atomic E-state index is 10.8. The molecule has 0 saturated carbocycles. The molecule has 1 amide bonds. The number of carbonyl (C=O) groups excluding carboxylic acids is 1. The maximum Gasteiger partial charge on any atom is 0.222 e. The van der Waals surface area contributed by atoms with Crippen molar-refractivity contribution in [3.63, 3.8) is 0 Å². The van der Waals surface area contributed by atoms with Crippen LogP contribution >= 0.6 is 0 Å². The summed E-state index contributed by atoms with van der Waals surface area (Å²) < 4.78 is 5.58. The van der Waals surface area contributed by atoms with Crippen LogP contribution in [-0.2, 0) is 9.53 Å². The molecule has 2 heterocycles. The number of hydrogen-bond donors (Lipinski definition) is 1. The van der Waals surface area contributed by atoms with Gasteiger partial charge in [-0.25, -0.2) is 0 Å². The molecule has 1 unspecified atom stereocenters. The highest BCUT2D eigenvalue weighted by molar-refractivity contribution is 5.84. The van der Waals surface area contributed by atoms with Crippen LogP contribution in [0, 0.1) is 0 Å². The minimum absolute atomic E-state index is 0.0635. The Bertz CT molecular complexity index is 215. The van der Waals surface area contributed by atoms with Crippen molar-refractivity contribution in [2.45, 2.75) is 44.2 Å². The molecular formula is C9H15NO2. The normalized spacial score (nSPS) is 39.0. The minimum atomic E-state index is -0.0635. The molecule has 2 aliphatic heterocycles. The first kappa shape index (κ1) is 8.05. The van der Waals surface area contributed by atoms with Crippen LogP contribution in [0.15, 0.2) is 0 Å². The Morgan fingerprint density at radius 1 is 1.50 bits per heavy atom. The van der Waals surface area contributed by atoms with Gasteiger partial charge in [-0.15, -0.1) is 0 Å². The summed E-state index contributed by atoms with van der Waals surface area (Å²) >= 11 is 0. The van der Waals surface area contributed by atoms with Crippen molar-refractivity contribution in [1.29, 1.82) is 0 Å². The van der Waals surface area contributed by atoms with Crippen LogP contribution in [-0.4, -0.2) is 23.7 Å².